The van der Waals surface area contributed by atoms with Gasteiger partial charge in [0.05, 0.1) is 22.6 Å². The fraction of sp³-hybridized carbons (Fsp3) is 0.409. The summed E-state index contributed by atoms with van der Waals surface area (Å²) >= 11 is 6.55. The van der Waals surface area contributed by atoms with Crippen molar-refractivity contribution in [3.05, 3.63) is 63.9 Å². The monoisotopic (exact) mass is 396 g/mol. The van der Waals surface area contributed by atoms with E-state index in [1.54, 1.807) is 27.6 Å². The van der Waals surface area contributed by atoms with E-state index in [0.717, 1.165) is 35.7 Å². The van der Waals surface area contributed by atoms with Gasteiger partial charge in [0.2, 0.25) is 0 Å². The first kappa shape index (κ1) is 18.9. The summed E-state index contributed by atoms with van der Waals surface area (Å²) in [5.41, 5.74) is 3.66. The lowest BCUT2D eigenvalue weighted by Crippen LogP contribution is -2.19. The predicted molar refractivity (Wildman–Crippen MR) is 112 cm³/mol. The van der Waals surface area contributed by atoms with Gasteiger partial charge in [-0.25, -0.2) is 4.68 Å². The van der Waals surface area contributed by atoms with E-state index in [1.165, 1.54) is 31.2 Å². The lowest BCUT2D eigenvalue weighted by molar-refractivity contribution is 0.545. The average Bonchev–Trinajstić information content (AvgIpc) is 3.36. The number of aromatic nitrogens is 4. The topological polar surface area (TPSA) is 52.7 Å². The minimum atomic E-state index is 0.000502. The maximum atomic E-state index is 11.9. The van der Waals surface area contributed by atoms with Crippen LogP contribution >= 0.6 is 11.6 Å². The van der Waals surface area contributed by atoms with Gasteiger partial charge in [0.15, 0.2) is 0 Å². The molecular formula is C22H25ClN4O. The van der Waals surface area contributed by atoms with Crippen LogP contribution in [0.2, 0.25) is 5.02 Å². The van der Waals surface area contributed by atoms with Crippen molar-refractivity contribution in [2.24, 2.45) is 5.92 Å². The Morgan fingerprint density at radius 3 is 2.75 bits per heavy atom. The van der Waals surface area contributed by atoms with E-state index in [9.17, 15) is 4.79 Å². The smallest absolute Gasteiger partial charge is 0.250 e. The molecule has 3 heterocycles. The quantitative estimate of drug-likeness (QED) is 0.595. The summed E-state index contributed by atoms with van der Waals surface area (Å²) in [5, 5.41) is 5.10. The SMILES string of the molecule is CCCn1cc(-n2cc(-c3ncc(CC4CCCC4)cc3Cl)cn2)ccc1=O. The summed E-state index contributed by atoms with van der Waals surface area (Å²) in [7, 11) is 0. The molecule has 0 bridgehead atoms. The number of rotatable bonds is 6. The van der Waals surface area contributed by atoms with E-state index < -0.39 is 0 Å². The van der Waals surface area contributed by atoms with Gasteiger partial charge < -0.3 is 4.57 Å². The number of hydrogen-bond donors (Lipinski definition) is 0. The fourth-order valence-electron chi connectivity index (χ4n) is 4.01. The second kappa shape index (κ2) is 8.31. The summed E-state index contributed by atoms with van der Waals surface area (Å²) in [5.74, 6) is 0.769. The van der Waals surface area contributed by atoms with E-state index in [0.29, 0.717) is 11.6 Å². The van der Waals surface area contributed by atoms with Crippen molar-refractivity contribution in [3.63, 3.8) is 0 Å². The van der Waals surface area contributed by atoms with Crippen LogP contribution < -0.4 is 5.56 Å². The van der Waals surface area contributed by atoms with Crippen LogP contribution in [0.15, 0.2) is 47.8 Å². The number of nitrogens with zero attached hydrogens (tertiary/aromatic N) is 4. The van der Waals surface area contributed by atoms with E-state index >= 15 is 0 Å². The third-order valence-electron chi connectivity index (χ3n) is 5.45. The van der Waals surface area contributed by atoms with Crippen LogP contribution in [-0.2, 0) is 13.0 Å². The van der Waals surface area contributed by atoms with Gasteiger partial charge in [-0.2, -0.15) is 5.10 Å². The zero-order valence-corrected chi connectivity index (χ0v) is 16.9. The summed E-state index contributed by atoms with van der Waals surface area (Å²) < 4.78 is 3.46. The number of pyridine rings is 2. The second-order valence-electron chi connectivity index (χ2n) is 7.62. The minimum absolute atomic E-state index is 0.000502. The molecule has 6 heteroatoms. The fourth-order valence-corrected chi connectivity index (χ4v) is 4.30. The van der Waals surface area contributed by atoms with Crippen LogP contribution in [0.5, 0.6) is 0 Å². The van der Waals surface area contributed by atoms with Gasteiger partial charge in [0.1, 0.15) is 0 Å². The second-order valence-corrected chi connectivity index (χ2v) is 8.03. The molecule has 0 radical (unpaired) electrons. The molecule has 5 nitrogen and oxygen atoms in total. The van der Waals surface area contributed by atoms with Crippen molar-refractivity contribution in [2.75, 3.05) is 0 Å². The van der Waals surface area contributed by atoms with Crippen molar-refractivity contribution in [2.45, 2.75) is 52.0 Å². The third-order valence-corrected chi connectivity index (χ3v) is 5.74. The van der Waals surface area contributed by atoms with Crippen molar-refractivity contribution in [1.82, 2.24) is 19.3 Å². The zero-order chi connectivity index (χ0) is 19.5. The summed E-state index contributed by atoms with van der Waals surface area (Å²) in [6, 6.07) is 5.40. The summed E-state index contributed by atoms with van der Waals surface area (Å²) in [6.07, 6.45) is 14.7. The van der Waals surface area contributed by atoms with E-state index in [1.807, 2.05) is 24.7 Å². The Morgan fingerprint density at radius 2 is 2.00 bits per heavy atom. The molecule has 3 aromatic rings. The lowest BCUT2D eigenvalue weighted by Gasteiger charge is -2.10. The van der Waals surface area contributed by atoms with Crippen LogP contribution in [0.1, 0.15) is 44.6 Å². The molecule has 1 aliphatic carbocycles. The van der Waals surface area contributed by atoms with Gasteiger partial charge in [-0.15, -0.1) is 0 Å². The van der Waals surface area contributed by atoms with Crippen molar-refractivity contribution >= 4 is 11.6 Å². The lowest BCUT2D eigenvalue weighted by atomic mass is 9.99. The molecule has 146 valence electrons. The van der Waals surface area contributed by atoms with Crippen molar-refractivity contribution < 1.29 is 0 Å². The minimum Gasteiger partial charge on any atom is -0.313 e. The molecule has 0 spiro atoms. The Bertz CT molecular complexity index is 1020. The van der Waals surface area contributed by atoms with Crippen LogP contribution in [0.4, 0.5) is 0 Å². The highest BCUT2D eigenvalue weighted by atomic mass is 35.5. The molecule has 0 amide bonds. The first-order chi connectivity index (χ1) is 13.6. The van der Waals surface area contributed by atoms with Crippen LogP contribution in [0, 0.1) is 5.92 Å². The van der Waals surface area contributed by atoms with Gasteiger partial charge in [-0.1, -0.05) is 44.2 Å². The first-order valence-corrected chi connectivity index (χ1v) is 10.4. The van der Waals surface area contributed by atoms with Gasteiger partial charge in [-0.05, 0) is 36.5 Å². The molecule has 0 saturated heterocycles. The highest BCUT2D eigenvalue weighted by Crippen LogP contribution is 2.31. The Morgan fingerprint density at radius 1 is 1.18 bits per heavy atom. The summed E-state index contributed by atoms with van der Waals surface area (Å²) in [4.78, 5) is 16.5. The van der Waals surface area contributed by atoms with Crippen molar-refractivity contribution in [3.8, 4) is 16.9 Å². The standard InChI is InChI=1S/C22H25ClN4O/c1-2-9-26-15-19(7-8-21(26)28)27-14-18(13-25-27)22-20(23)11-17(12-24-22)10-16-5-3-4-6-16/h7-8,11-16H,2-6,9-10H2,1H3. The molecule has 0 unspecified atom stereocenters. The third kappa shape index (κ3) is 4.04. The molecular weight excluding hydrogens is 372 g/mol. The maximum absolute atomic E-state index is 11.9. The maximum Gasteiger partial charge on any atom is 0.250 e. The number of aryl methyl sites for hydroxylation is 1. The Kier molecular flexibility index (Phi) is 5.62. The highest BCUT2D eigenvalue weighted by molar-refractivity contribution is 6.33. The zero-order valence-electron chi connectivity index (χ0n) is 16.1. The van der Waals surface area contributed by atoms with Crippen molar-refractivity contribution in [1.29, 1.82) is 0 Å². The number of hydrogen-bond acceptors (Lipinski definition) is 3. The highest BCUT2D eigenvalue weighted by Gasteiger charge is 2.17. The molecule has 28 heavy (non-hydrogen) atoms. The molecule has 1 aliphatic rings. The normalized spacial score (nSPS) is 14.6. The molecule has 1 fully saturated rings. The first-order valence-electron chi connectivity index (χ1n) is 10.0. The Balaban J connectivity index is 1.57. The Hall–Kier alpha value is -2.40. The summed E-state index contributed by atoms with van der Waals surface area (Å²) in [6.45, 7) is 2.74. The van der Waals surface area contributed by atoms with Crippen LogP contribution in [0.3, 0.4) is 0 Å². The van der Waals surface area contributed by atoms with E-state index in [2.05, 4.69) is 17.0 Å². The Labute approximate surface area is 170 Å². The van der Waals surface area contributed by atoms with Crippen LogP contribution in [0.25, 0.3) is 16.9 Å². The molecule has 0 N–H and O–H groups in total. The number of halogens is 1. The molecule has 1 saturated carbocycles. The van der Waals surface area contributed by atoms with Crippen LogP contribution in [-0.4, -0.2) is 19.3 Å². The van der Waals surface area contributed by atoms with E-state index in [4.69, 9.17) is 11.6 Å². The predicted octanol–water partition coefficient (Wildman–Crippen LogP) is 4.89. The van der Waals surface area contributed by atoms with E-state index in [-0.39, 0.29) is 5.56 Å². The molecule has 0 atom stereocenters. The molecule has 4 rings (SSSR count). The molecule has 0 aromatic carbocycles. The van der Waals surface area contributed by atoms with Gasteiger partial charge in [0.25, 0.3) is 5.56 Å². The molecule has 3 aromatic heterocycles. The van der Waals surface area contributed by atoms with Gasteiger partial charge in [0, 0.05) is 36.8 Å². The average molecular weight is 397 g/mol. The van der Waals surface area contributed by atoms with Gasteiger partial charge in [-0.3, -0.25) is 9.78 Å². The largest absolute Gasteiger partial charge is 0.313 e. The molecule has 0 aliphatic heterocycles. The van der Waals surface area contributed by atoms with Gasteiger partial charge >= 0.3 is 0 Å².